The minimum absolute atomic E-state index is 0.214. The van der Waals surface area contributed by atoms with Crippen LogP contribution in [0.15, 0.2) is 37.4 Å². The van der Waals surface area contributed by atoms with E-state index in [2.05, 4.69) is 26.2 Å². The van der Waals surface area contributed by atoms with Gasteiger partial charge >= 0.3 is 0 Å². The Labute approximate surface area is 132 Å². The molecule has 2 rings (SSSR count). The van der Waals surface area contributed by atoms with Crippen molar-refractivity contribution in [2.24, 2.45) is 11.8 Å². The van der Waals surface area contributed by atoms with E-state index in [0.717, 1.165) is 24.0 Å². The van der Waals surface area contributed by atoms with Crippen molar-refractivity contribution in [1.82, 2.24) is 0 Å². The minimum Gasteiger partial charge on any atom is -0.205 e. The summed E-state index contributed by atoms with van der Waals surface area (Å²) in [5.41, 5.74) is 1.57. The molecule has 0 heterocycles. The van der Waals surface area contributed by atoms with Crippen molar-refractivity contribution in [3.63, 3.8) is 0 Å². The van der Waals surface area contributed by atoms with Crippen molar-refractivity contribution in [3.05, 3.63) is 59.4 Å². The summed E-state index contributed by atoms with van der Waals surface area (Å²) in [4.78, 5) is 0. The Morgan fingerprint density at radius 1 is 1.29 bits per heavy atom. The van der Waals surface area contributed by atoms with E-state index in [1.54, 1.807) is 6.08 Å². The maximum atomic E-state index is 14.6. The maximum absolute atomic E-state index is 14.6. The molecule has 1 aliphatic carbocycles. The van der Waals surface area contributed by atoms with E-state index in [0.29, 0.717) is 18.3 Å². The van der Waals surface area contributed by atoms with Crippen LogP contribution in [-0.4, -0.2) is 0 Å². The Kier molecular flexibility index (Phi) is 5.64. The number of hydrogen-bond donors (Lipinski definition) is 0. The SMILES string of the molecule is C=CCc1ccc(C(C)C2CCC(C=C)CC2)c(F)c1Cl. The molecule has 1 aromatic rings. The molecule has 1 atom stereocenters. The molecule has 114 valence electrons. The second-order valence-electron chi connectivity index (χ2n) is 6.13. The van der Waals surface area contributed by atoms with Gasteiger partial charge in [-0.25, -0.2) is 4.39 Å². The van der Waals surface area contributed by atoms with Crippen LogP contribution < -0.4 is 0 Å². The summed E-state index contributed by atoms with van der Waals surface area (Å²) in [6.07, 6.45) is 9.04. The predicted octanol–water partition coefficient (Wildman–Crippen LogP) is 6.30. The standard InChI is InChI=1S/C19H24ClF/c1-4-6-16-11-12-17(19(21)18(16)20)13(3)15-9-7-14(5-2)8-10-15/h4-5,11-15H,1-2,6-10H2,3H3. The predicted molar refractivity (Wildman–Crippen MR) is 89.4 cm³/mol. The highest BCUT2D eigenvalue weighted by Gasteiger charge is 2.27. The van der Waals surface area contributed by atoms with E-state index in [-0.39, 0.29) is 16.8 Å². The molecule has 1 saturated carbocycles. The lowest BCUT2D eigenvalue weighted by atomic mass is 9.74. The van der Waals surface area contributed by atoms with Gasteiger partial charge in [0.15, 0.2) is 0 Å². The molecule has 0 spiro atoms. The fourth-order valence-corrected chi connectivity index (χ4v) is 3.65. The van der Waals surface area contributed by atoms with Gasteiger partial charge in [0.1, 0.15) is 5.82 Å². The van der Waals surface area contributed by atoms with Gasteiger partial charge in [-0.2, -0.15) is 0 Å². The van der Waals surface area contributed by atoms with Gasteiger partial charge in [0.05, 0.1) is 5.02 Å². The van der Waals surface area contributed by atoms with Crippen molar-refractivity contribution in [3.8, 4) is 0 Å². The zero-order valence-electron chi connectivity index (χ0n) is 12.7. The molecule has 2 heteroatoms. The van der Waals surface area contributed by atoms with Gasteiger partial charge in [-0.1, -0.05) is 42.8 Å². The molecule has 0 amide bonds. The van der Waals surface area contributed by atoms with Gasteiger partial charge in [0, 0.05) is 0 Å². The Hall–Kier alpha value is -1.08. The van der Waals surface area contributed by atoms with E-state index in [1.165, 1.54) is 12.8 Å². The van der Waals surface area contributed by atoms with Crippen molar-refractivity contribution in [2.75, 3.05) is 0 Å². The zero-order valence-corrected chi connectivity index (χ0v) is 13.5. The van der Waals surface area contributed by atoms with Gasteiger partial charge in [-0.3, -0.25) is 0 Å². The number of rotatable bonds is 5. The van der Waals surface area contributed by atoms with Crippen LogP contribution in [0.2, 0.25) is 5.02 Å². The van der Waals surface area contributed by atoms with Crippen molar-refractivity contribution in [2.45, 2.75) is 44.9 Å². The Morgan fingerprint density at radius 3 is 2.52 bits per heavy atom. The van der Waals surface area contributed by atoms with Crippen LogP contribution >= 0.6 is 11.6 Å². The molecule has 0 saturated heterocycles. The van der Waals surface area contributed by atoms with Gasteiger partial charge in [-0.05, 0) is 61.0 Å². The summed E-state index contributed by atoms with van der Waals surface area (Å²) in [5, 5.41) is 0.263. The maximum Gasteiger partial charge on any atom is 0.145 e. The smallest absolute Gasteiger partial charge is 0.145 e. The molecule has 21 heavy (non-hydrogen) atoms. The van der Waals surface area contributed by atoms with Gasteiger partial charge in [0.2, 0.25) is 0 Å². The molecule has 0 nitrogen and oxygen atoms in total. The quantitative estimate of drug-likeness (QED) is 0.560. The van der Waals surface area contributed by atoms with E-state index < -0.39 is 0 Å². The van der Waals surface area contributed by atoms with Crippen LogP contribution in [0.4, 0.5) is 4.39 Å². The monoisotopic (exact) mass is 306 g/mol. The van der Waals surface area contributed by atoms with Crippen molar-refractivity contribution in [1.29, 1.82) is 0 Å². The van der Waals surface area contributed by atoms with Crippen LogP contribution in [0, 0.1) is 17.7 Å². The van der Waals surface area contributed by atoms with Crippen molar-refractivity contribution >= 4 is 11.6 Å². The van der Waals surface area contributed by atoms with Crippen LogP contribution in [0.1, 0.15) is 49.7 Å². The lowest BCUT2D eigenvalue weighted by Crippen LogP contribution is -2.19. The molecule has 0 aliphatic heterocycles. The van der Waals surface area contributed by atoms with Crippen LogP contribution in [-0.2, 0) is 6.42 Å². The first-order valence-corrected chi connectivity index (χ1v) is 8.16. The van der Waals surface area contributed by atoms with Crippen LogP contribution in [0.25, 0.3) is 0 Å². The normalized spacial score (nSPS) is 23.6. The first kappa shape index (κ1) is 16.3. The Balaban J connectivity index is 2.16. The van der Waals surface area contributed by atoms with E-state index >= 15 is 0 Å². The first-order valence-electron chi connectivity index (χ1n) is 7.78. The summed E-state index contributed by atoms with van der Waals surface area (Å²) in [5.74, 6) is 1.15. The molecule has 1 aliphatic rings. The molecular formula is C19H24ClF. The fraction of sp³-hybridized carbons (Fsp3) is 0.474. The number of allylic oxidation sites excluding steroid dienone is 2. The van der Waals surface area contributed by atoms with Gasteiger partial charge in [0.25, 0.3) is 0 Å². The average Bonchev–Trinajstić information content (AvgIpc) is 2.52. The van der Waals surface area contributed by atoms with E-state index in [4.69, 9.17) is 11.6 Å². The topological polar surface area (TPSA) is 0 Å². The molecule has 0 N–H and O–H groups in total. The number of hydrogen-bond acceptors (Lipinski definition) is 0. The fourth-order valence-electron chi connectivity index (χ4n) is 3.40. The van der Waals surface area contributed by atoms with Gasteiger partial charge in [-0.15, -0.1) is 13.2 Å². The first-order chi connectivity index (χ1) is 10.1. The highest BCUT2D eigenvalue weighted by Crippen LogP contribution is 2.40. The molecule has 1 fully saturated rings. The highest BCUT2D eigenvalue weighted by atomic mass is 35.5. The second-order valence-corrected chi connectivity index (χ2v) is 6.51. The summed E-state index contributed by atoms with van der Waals surface area (Å²) in [6.45, 7) is 9.69. The lowest BCUT2D eigenvalue weighted by Gasteiger charge is -2.31. The highest BCUT2D eigenvalue weighted by molar-refractivity contribution is 6.31. The Morgan fingerprint density at radius 2 is 1.95 bits per heavy atom. The van der Waals surface area contributed by atoms with Gasteiger partial charge < -0.3 is 0 Å². The Bertz CT molecular complexity index is 513. The second kappa shape index (κ2) is 7.26. The average molecular weight is 307 g/mol. The summed E-state index contributed by atoms with van der Waals surface area (Å²) in [6, 6.07) is 3.85. The summed E-state index contributed by atoms with van der Waals surface area (Å²) in [7, 11) is 0. The lowest BCUT2D eigenvalue weighted by molar-refractivity contribution is 0.275. The number of halogens is 2. The zero-order chi connectivity index (χ0) is 15.4. The summed E-state index contributed by atoms with van der Waals surface area (Å²) >= 11 is 6.17. The van der Waals surface area contributed by atoms with Crippen LogP contribution in [0.5, 0.6) is 0 Å². The molecule has 1 aromatic carbocycles. The molecule has 0 bridgehead atoms. The third kappa shape index (κ3) is 3.58. The molecule has 1 unspecified atom stereocenters. The molecule has 0 radical (unpaired) electrons. The van der Waals surface area contributed by atoms with E-state index in [9.17, 15) is 4.39 Å². The largest absolute Gasteiger partial charge is 0.205 e. The number of benzene rings is 1. The summed E-state index contributed by atoms with van der Waals surface area (Å²) < 4.78 is 14.6. The molecule has 0 aromatic heterocycles. The minimum atomic E-state index is -0.241. The molecular weight excluding hydrogens is 283 g/mol. The van der Waals surface area contributed by atoms with Crippen LogP contribution in [0.3, 0.4) is 0 Å². The van der Waals surface area contributed by atoms with E-state index in [1.807, 2.05) is 12.1 Å². The van der Waals surface area contributed by atoms with Crippen molar-refractivity contribution < 1.29 is 4.39 Å². The third-order valence-electron chi connectivity index (χ3n) is 4.90. The third-order valence-corrected chi connectivity index (χ3v) is 5.31.